The number of rotatable bonds is 59. The number of ether oxygens (including phenoxy) is 2. The minimum atomic E-state index is -2.43. The summed E-state index contributed by atoms with van der Waals surface area (Å²) in [4.78, 5) is 0. The molecule has 0 N–H and O–H groups in total. The van der Waals surface area contributed by atoms with E-state index in [1.54, 1.807) is 0 Å². The number of hydrogen-bond donors (Lipinski definition) is 0. The summed E-state index contributed by atoms with van der Waals surface area (Å²) < 4.78 is 24.6. The van der Waals surface area contributed by atoms with Gasteiger partial charge in [0.15, 0.2) is 8.32 Å². The van der Waals surface area contributed by atoms with Crippen molar-refractivity contribution in [2.24, 2.45) is 47.3 Å². The van der Waals surface area contributed by atoms with Gasteiger partial charge in [-0.3, -0.25) is 0 Å². The normalized spacial score (nSPS) is 14.0. The van der Waals surface area contributed by atoms with Gasteiger partial charge in [-0.2, -0.15) is 0 Å². The van der Waals surface area contributed by atoms with Crippen molar-refractivity contribution in [2.45, 2.75) is 420 Å². The first-order chi connectivity index (χ1) is 70.6. The van der Waals surface area contributed by atoms with Crippen molar-refractivity contribution in [3.63, 3.8) is 0 Å². The molecule has 0 saturated carbocycles. The van der Waals surface area contributed by atoms with Crippen LogP contribution in [0.2, 0.25) is 18.1 Å². The van der Waals surface area contributed by atoms with Crippen LogP contribution < -0.4 is 9.47 Å². The van der Waals surface area contributed by atoms with Crippen LogP contribution in [0.25, 0.3) is 131 Å². The third-order valence-electron chi connectivity index (χ3n) is 35.7. The number of hydrogen-bond acceptors (Lipinski definition) is 3. The lowest BCUT2D eigenvalue weighted by Crippen LogP contribution is -2.40. The van der Waals surface area contributed by atoms with Crippen LogP contribution in [0.5, 0.6) is 11.5 Å². The van der Waals surface area contributed by atoms with Gasteiger partial charge in [0.2, 0.25) is 0 Å². The Labute approximate surface area is 882 Å². The van der Waals surface area contributed by atoms with Crippen LogP contribution >= 0.6 is 0 Å². The lowest BCUT2D eigenvalue weighted by atomic mass is 9.81. The topological polar surface area (TPSA) is 27.7 Å². The van der Waals surface area contributed by atoms with Crippen LogP contribution in [0, 0.1) is 47.3 Å². The van der Waals surface area contributed by atoms with Crippen molar-refractivity contribution in [3.05, 3.63) is 250 Å². The molecule has 0 aliphatic rings. The molecule has 0 aromatic heterocycles. The molecule has 14 aromatic carbocycles. The molecule has 4 heteroatoms. The van der Waals surface area contributed by atoms with Crippen LogP contribution in [0.4, 0.5) is 0 Å². The van der Waals surface area contributed by atoms with E-state index in [9.17, 15) is 0 Å². The highest BCUT2D eigenvalue weighted by Gasteiger charge is 2.38. The van der Waals surface area contributed by atoms with Crippen LogP contribution in [-0.4, -0.2) is 15.4 Å². The molecule has 3 nitrogen and oxygen atoms in total. The second-order valence-electron chi connectivity index (χ2n) is 46.7. The Kier molecular flexibility index (Phi) is 41.5. The van der Waals surface area contributed by atoms with Crippen LogP contribution in [0.15, 0.2) is 194 Å². The van der Waals surface area contributed by atoms with E-state index in [4.69, 9.17) is 13.9 Å². The minimum absolute atomic E-state index is 0.0414. The van der Waals surface area contributed by atoms with Gasteiger partial charge in [-0.15, -0.1) is 0 Å². The maximum absolute atomic E-state index is 9.00. The van der Waals surface area contributed by atoms with Crippen molar-refractivity contribution in [1.29, 1.82) is 0 Å². The van der Waals surface area contributed by atoms with Gasteiger partial charge in [-0.25, -0.2) is 0 Å². The summed E-state index contributed by atoms with van der Waals surface area (Å²) in [5.74, 6) is 6.32. The Hall–Kier alpha value is -9.06. The highest BCUT2D eigenvalue weighted by atomic mass is 28.4. The Bertz CT molecular complexity index is 5890. The predicted octanol–water partition coefficient (Wildman–Crippen LogP) is 43.8. The lowest BCUT2D eigenvalue weighted by molar-refractivity contribution is 0.276. The molecular formula is C141H190O3Si. The van der Waals surface area contributed by atoms with E-state index in [0.717, 1.165) is 142 Å². The van der Waals surface area contributed by atoms with Crippen molar-refractivity contribution in [3.8, 4) is 56.0 Å². The number of fused-ring (bicyclic) bond motifs is 8. The molecule has 0 fully saturated rings. The molecule has 14 rings (SSSR count). The zero-order chi connectivity index (χ0) is 103. The van der Waals surface area contributed by atoms with Gasteiger partial charge in [0.25, 0.3) is 0 Å². The van der Waals surface area contributed by atoms with E-state index in [1.165, 1.54) is 313 Å². The summed E-state index contributed by atoms with van der Waals surface area (Å²) in [6, 6.07) is 80.7. The molecule has 8 atom stereocenters. The fraction of sp³-hybridized carbons (Fsp3) is 0.518. The first-order valence-corrected chi connectivity index (χ1v) is 62.5. The molecule has 0 radical (unpaired) electrons. The first-order valence-electron chi connectivity index (χ1n) is 59.6. The zero-order valence-corrected chi connectivity index (χ0v) is 96.0. The van der Waals surface area contributed by atoms with E-state index in [1.807, 2.05) is 7.11 Å². The molecule has 0 aliphatic carbocycles. The van der Waals surface area contributed by atoms with E-state index < -0.39 is 8.32 Å². The minimum Gasteiger partial charge on any atom is -0.495 e. The fourth-order valence-corrected chi connectivity index (χ4v) is 26.0. The van der Waals surface area contributed by atoms with E-state index in [2.05, 4.69) is 339 Å². The molecule has 8 unspecified atom stereocenters. The molecule has 0 spiro atoms. The molecule has 0 aliphatic heterocycles. The molecule has 776 valence electrons. The summed E-state index contributed by atoms with van der Waals surface area (Å²) >= 11 is 0. The van der Waals surface area contributed by atoms with Gasteiger partial charge >= 0.3 is 0 Å². The Morgan fingerprint density at radius 1 is 0.228 bits per heavy atom. The Morgan fingerprint density at radius 3 is 0.572 bits per heavy atom. The van der Waals surface area contributed by atoms with Crippen molar-refractivity contribution in [1.82, 2.24) is 0 Å². The van der Waals surface area contributed by atoms with Crippen molar-refractivity contribution in [2.75, 3.05) is 7.11 Å². The monoisotopic (exact) mass is 1960 g/mol. The van der Waals surface area contributed by atoms with Crippen LogP contribution in [0.1, 0.15) is 393 Å². The van der Waals surface area contributed by atoms with Gasteiger partial charge < -0.3 is 13.9 Å². The standard InChI is InChI=1S/C141H190O3Si/c1-23-39-55-97(31-9)79-107-63-47-71-115-123(107)91-124-108(80-98(32-10)56-40-24-2)64-48-72-116(124)135(115)131-87-105(88-132(139(131)142-20)136-117-73-49-65-109(81-99(33-11)57-41-25-3)125(117)92-126-110(66-50-74-118(126)136)82-100(34-12)58-42-26-4)95-143-140-133(137-119-75-51-67-111(83-101(35-13)59-43-27-5)127(119)93-128-112(68-52-76-120(128)137)84-102(36-14)60-44-28-6)89-106(96-144-145(21,22)141(17,18)19)90-134(140)138-121-77-53-69-113(85-103(37-15)61-45-29-7)129(121)94-130-114(70-54-78-122(130)138)86-104(38-16)62-46-30-8/h47-54,63-78,87-94,97-104H,23-46,55-62,79-86,95-96H2,1-22H3. The smallest absolute Gasteiger partial charge is 0.192 e. The van der Waals surface area contributed by atoms with Crippen LogP contribution in [-0.2, 0) is 69.0 Å². The SMILES string of the molecule is CCCCC(CC)Cc1cccc2c(-c3cc(COc4c(-c5c6cccc(CC(CC)CCCC)c6cc6c(CC(CC)CCCC)cccc56)cc(CO[Si](C)(C)C(C)(C)C)cc4-c4c5cccc(CC(CC)CCCC)c5cc5c(CC(CC)CCCC)cccc45)cc(-c4c5cccc(CC(CC)CCCC)c5cc5c(CC(CC)CCCC)cccc45)c3OC)c3cccc(CC(CC)CCCC)c3cc12. The molecule has 14 aromatic rings. The number of methoxy groups -OCH3 is 1. The predicted molar refractivity (Wildman–Crippen MR) is 644 cm³/mol. The molecule has 0 saturated heterocycles. The maximum Gasteiger partial charge on any atom is 0.192 e. The number of unbranched alkanes of at least 4 members (excludes halogenated alkanes) is 8. The molecule has 0 heterocycles. The van der Waals surface area contributed by atoms with Crippen LogP contribution in [0.3, 0.4) is 0 Å². The van der Waals surface area contributed by atoms with Gasteiger partial charge in [0.05, 0.1) is 13.7 Å². The molecule has 0 amide bonds. The van der Waals surface area contributed by atoms with Gasteiger partial charge in [0.1, 0.15) is 18.1 Å². The van der Waals surface area contributed by atoms with E-state index in [0.29, 0.717) is 54.0 Å². The van der Waals surface area contributed by atoms with E-state index in [-0.39, 0.29) is 11.6 Å². The largest absolute Gasteiger partial charge is 0.495 e. The van der Waals surface area contributed by atoms with Crippen molar-refractivity contribution >= 4 is 94.5 Å². The molecule has 145 heavy (non-hydrogen) atoms. The van der Waals surface area contributed by atoms with Crippen molar-refractivity contribution < 1.29 is 13.9 Å². The second-order valence-corrected chi connectivity index (χ2v) is 51.5. The second kappa shape index (κ2) is 53.9. The summed E-state index contributed by atoms with van der Waals surface area (Å²) in [6.07, 6.45) is 46.8. The quantitative estimate of drug-likeness (QED) is 0.0281. The highest BCUT2D eigenvalue weighted by molar-refractivity contribution is 6.74. The van der Waals surface area contributed by atoms with E-state index >= 15 is 0 Å². The lowest BCUT2D eigenvalue weighted by Gasteiger charge is -2.36. The maximum atomic E-state index is 9.00. The Morgan fingerprint density at radius 2 is 0.407 bits per heavy atom. The molecule has 0 bridgehead atoms. The first kappa shape index (κ1) is 112. The average Bonchev–Trinajstić information content (AvgIpc) is 0.721. The van der Waals surface area contributed by atoms with Gasteiger partial charge in [0, 0.05) is 44.5 Å². The summed E-state index contributed by atoms with van der Waals surface area (Å²) in [5.41, 5.74) is 23.5. The summed E-state index contributed by atoms with van der Waals surface area (Å²) in [6.45, 7) is 51.5. The third kappa shape index (κ3) is 26.3. The number of benzene rings is 14. The molecular weight excluding hydrogens is 1770 g/mol. The Balaban J connectivity index is 1.20. The highest BCUT2D eigenvalue weighted by Crippen LogP contribution is 2.56. The fourth-order valence-electron chi connectivity index (χ4n) is 25.1. The summed E-state index contributed by atoms with van der Waals surface area (Å²) in [7, 11) is -0.419. The van der Waals surface area contributed by atoms with Gasteiger partial charge in [-0.1, -0.05) is 483 Å². The van der Waals surface area contributed by atoms with Gasteiger partial charge in [-0.05, 0) is 307 Å². The average molecular weight is 1960 g/mol. The summed E-state index contributed by atoms with van der Waals surface area (Å²) in [5, 5.41) is 21.3. The third-order valence-corrected chi connectivity index (χ3v) is 40.1. The zero-order valence-electron chi connectivity index (χ0n) is 95.0.